The van der Waals surface area contributed by atoms with E-state index >= 15 is 0 Å². The van der Waals surface area contributed by atoms with Gasteiger partial charge in [0.25, 0.3) is 0 Å². The maximum Gasteiger partial charge on any atom is 0.221 e. The van der Waals surface area contributed by atoms with Crippen molar-refractivity contribution in [3.05, 3.63) is 36.0 Å². The first-order valence-corrected chi connectivity index (χ1v) is 5.91. The highest BCUT2D eigenvalue weighted by Gasteiger charge is 2.37. The minimum Gasteiger partial charge on any atom is -0.481 e. The fourth-order valence-corrected chi connectivity index (χ4v) is 2.22. The molecule has 0 radical (unpaired) electrons. The number of fused-ring (bicyclic) bond motifs is 1. The second-order valence-corrected chi connectivity index (χ2v) is 4.91. The number of nitrogens with zero attached hydrogens (tertiary/aromatic N) is 1. The third kappa shape index (κ3) is 1.98. The van der Waals surface area contributed by atoms with Crippen LogP contribution in [-0.2, 0) is 6.42 Å². The van der Waals surface area contributed by atoms with Crippen molar-refractivity contribution in [2.75, 3.05) is 7.11 Å². The van der Waals surface area contributed by atoms with E-state index in [1.165, 1.54) is 10.9 Å². The molecule has 2 N–H and O–H groups in total. The summed E-state index contributed by atoms with van der Waals surface area (Å²) in [5.74, 6) is 0.683. The number of methoxy groups -OCH3 is 1. The Balaban J connectivity index is 2.01. The van der Waals surface area contributed by atoms with Crippen LogP contribution in [0.1, 0.15) is 18.4 Å². The number of nitrogens with two attached hydrogens (primary N) is 1. The molecule has 1 aliphatic rings. The SMILES string of the molecule is COc1nccc2cc(CC3(N)CC3)ccc12. The monoisotopic (exact) mass is 228 g/mol. The molecule has 0 unspecified atom stereocenters. The summed E-state index contributed by atoms with van der Waals surface area (Å²) in [4.78, 5) is 4.20. The van der Waals surface area contributed by atoms with E-state index in [1.807, 2.05) is 6.07 Å². The summed E-state index contributed by atoms with van der Waals surface area (Å²) in [6.45, 7) is 0. The van der Waals surface area contributed by atoms with E-state index < -0.39 is 0 Å². The molecule has 1 aromatic heterocycles. The summed E-state index contributed by atoms with van der Waals surface area (Å²) < 4.78 is 5.24. The van der Waals surface area contributed by atoms with Crippen LogP contribution in [-0.4, -0.2) is 17.6 Å². The van der Waals surface area contributed by atoms with Gasteiger partial charge in [0.05, 0.1) is 7.11 Å². The van der Waals surface area contributed by atoms with Crippen molar-refractivity contribution in [3.63, 3.8) is 0 Å². The van der Waals surface area contributed by atoms with Crippen molar-refractivity contribution in [2.24, 2.45) is 5.73 Å². The van der Waals surface area contributed by atoms with E-state index in [9.17, 15) is 0 Å². The molecule has 1 fully saturated rings. The lowest BCUT2D eigenvalue weighted by atomic mass is 10.0. The van der Waals surface area contributed by atoms with E-state index in [0.717, 1.165) is 24.6 Å². The molecular formula is C14H16N2O. The van der Waals surface area contributed by atoms with Gasteiger partial charge in [0.2, 0.25) is 5.88 Å². The summed E-state index contributed by atoms with van der Waals surface area (Å²) >= 11 is 0. The first-order valence-electron chi connectivity index (χ1n) is 5.91. The van der Waals surface area contributed by atoms with Gasteiger partial charge in [-0.3, -0.25) is 0 Å². The van der Waals surface area contributed by atoms with Crippen LogP contribution in [0.5, 0.6) is 5.88 Å². The smallest absolute Gasteiger partial charge is 0.221 e. The largest absolute Gasteiger partial charge is 0.481 e. The maximum atomic E-state index is 6.14. The highest BCUT2D eigenvalue weighted by atomic mass is 16.5. The molecule has 1 heterocycles. The van der Waals surface area contributed by atoms with E-state index in [2.05, 4.69) is 23.2 Å². The maximum absolute atomic E-state index is 6.14. The second-order valence-electron chi connectivity index (χ2n) is 4.91. The Bertz CT molecular complexity index is 561. The average molecular weight is 228 g/mol. The van der Waals surface area contributed by atoms with Crippen molar-refractivity contribution in [1.82, 2.24) is 4.98 Å². The zero-order chi connectivity index (χ0) is 11.9. The zero-order valence-corrected chi connectivity index (χ0v) is 9.94. The normalized spacial score (nSPS) is 17.1. The Morgan fingerprint density at radius 1 is 1.35 bits per heavy atom. The molecule has 88 valence electrons. The minimum atomic E-state index is 0.0603. The van der Waals surface area contributed by atoms with Gasteiger partial charge in [-0.25, -0.2) is 4.98 Å². The molecule has 0 aliphatic heterocycles. The van der Waals surface area contributed by atoms with Crippen LogP contribution < -0.4 is 10.5 Å². The second kappa shape index (κ2) is 3.70. The third-order valence-corrected chi connectivity index (χ3v) is 3.43. The molecule has 0 bridgehead atoms. The number of aromatic nitrogens is 1. The summed E-state index contributed by atoms with van der Waals surface area (Å²) in [7, 11) is 1.65. The van der Waals surface area contributed by atoms with Gasteiger partial charge in [0.15, 0.2) is 0 Å². The topological polar surface area (TPSA) is 48.1 Å². The van der Waals surface area contributed by atoms with Crippen LogP contribution in [0.2, 0.25) is 0 Å². The van der Waals surface area contributed by atoms with Crippen molar-refractivity contribution in [2.45, 2.75) is 24.8 Å². The van der Waals surface area contributed by atoms with Gasteiger partial charge in [-0.1, -0.05) is 12.1 Å². The molecule has 1 aromatic carbocycles. The highest BCUT2D eigenvalue weighted by molar-refractivity contribution is 5.87. The molecule has 3 rings (SSSR count). The molecule has 17 heavy (non-hydrogen) atoms. The molecule has 3 nitrogen and oxygen atoms in total. The minimum absolute atomic E-state index is 0.0603. The van der Waals surface area contributed by atoms with Gasteiger partial charge in [0.1, 0.15) is 0 Å². The molecule has 3 heteroatoms. The van der Waals surface area contributed by atoms with E-state index in [0.29, 0.717) is 5.88 Å². The molecule has 0 spiro atoms. The average Bonchev–Trinajstić information content (AvgIpc) is 3.05. The number of hydrogen-bond donors (Lipinski definition) is 1. The lowest BCUT2D eigenvalue weighted by Crippen LogP contribution is -2.24. The first-order chi connectivity index (χ1) is 8.20. The lowest BCUT2D eigenvalue weighted by molar-refractivity contribution is 0.403. The van der Waals surface area contributed by atoms with Crippen molar-refractivity contribution < 1.29 is 4.74 Å². The number of ether oxygens (including phenoxy) is 1. The van der Waals surface area contributed by atoms with Crippen LogP contribution in [0, 0.1) is 0 Å². The molecule has 0 saturated heterocycles. The van der Waals surface area contributed by atoms with Gasteiger partial charge < -0.3 is 10.5 Å². The Hall–Kier alpha value is -1.61. The Kier molecular flexibility index (Phi) is 2.30. The molecule has 1 saturated carbocycles. The quantitative estimate of drug-likeness (QED) is 0.876. The molecular weight excluding hydrogens is 212 g/mol. The summed E-state index contributed by atoms with van der Waals surface area (Å²) in [6, 6.07) is 8.39. The number of hydrogen-bond acceptors (Lipinski definition) is 3. The van der Waals surface area contributed by atoms with Crippen molar-refractivity contribution in [3.8, 4) is 5.88 Å². The summed E-state index contributed by atoms with van der Waals surface area (Å²) in [5, 5.41) is 2.22. The Morgan fingerprint density at radius 3 is 2.88 bits per heavy atom. The van der Waals surface area contributed by atoms with Crippen molar-refractivity contribution >= 4 is 10.8 Å². The van der Waals surface area contributed by atoms with Crippen LogP contribution in [0.15, 0.2) is 30.5 Å². The van der Waals surface area contributed by atoms with E-state index in [-0.39, 0.29) is 5.54 Å². The fraction of sp³-hybridized carbons (Fsp3) is 0.357. The summed E-state index contributed by atoms with van der Waals surface area (Å²) in [5.41, 5.74) is 7.50. The molecule has 1 aliphatic carbocycles. The van der Waals surface area contributed by atoms with Gasteiger partial charge in [-0.15, -0.1) is 0 Å². The highest BCUT2D eigenvalue weighted by Crippen LogP contribution is 2.36. The van der Waals surface area contributed by atoms with E-state index in [4.69, 9.17) is 10.5 Å². The van der Waals surface area contributed by atoms with Gasteiger partial charge in [0, 0.05) is 17.1 Å². The number of pyridine rings is 1. The summed E-state index contributed by atoms with van der Waals surface area (Å²) in [6.07, 6.45) is 5.03. The molecule has 0 amide bonds. The predicted octanol–water partition coefficient (Wildman–Crippen LogP) is 2.28. The Morgan fingerprint density at radius 2 is 2.18 bits per heavy atom. The van der Waals surface area contributed by atoms with Gasteiger partial charge in [-0.2, -0.15) is 0 Å². The number of rotatable bonds is 3. The Labute approximate surface area is 101 Å². The van der Waals surface area contributed by atoms with Gasteiger partial charge >= 0.3 is 0 Å². The zero-order valence-electron chi connectivity index (χ0n) is 9.94. The fourth-order valence-electron chi connectivity index (χ4n) is 2.22. The third-order valence-electron chi connectivity index (χ3n) is 3.43. The standard InChI is InChI=1S/C14H16N2O/c1-17-13-12-3-2-10(9-14(15)5-6-14)8-11(12)4-7-16-13/h2-4,7-8H,5-6,9,15H2,1H3. The molecule has 0 atom stereocenters. The molecule has 2 aromatic rings. The van der Waals surface area contributed by atoms with Gasteiger partial charge in [-0.05, 0) is 42.3 Å². The van der Waals surface area contributed by atoms with E-state index in [1.54, 1.807) is 13.3 Å². The first kappa shape index (κ1) is 10.5. The van der Waals surface area contributed by atoms with Crippen LogP contribution in [0.25, 0.3) is 10.8 Å². The lowest BCUT2D eigenvalue weighted by Gasteiger charge is -2.10. The number of benzene rings is 1. The van der Waals surface area contributed by atoms with Crippen molar-refractivity contribution in [1.29, 1.82) is 0 Å². The predicted molar refractivity (Wildman–Crippen MR) is 68.2 cm³/mol. The van der Waals surface area contributed by atoms with Crippen LogP contribution >= 0.6 is 0 Å². The van der Waals surface area contributed by atoms with Crippen LogP contribution in [0.4, 0.5) is 0 Å². The van der Waals surface area contributed by atoms with Crippen LogP contribution in [0.3, 0.4) is 0 Å².